The first kappa shape index (κ1) is 36.8. The Hall–Kier alpha value is -3.03. The molecule has 258 valence electrons. The van der Waals surface area contributed by atoms with Gasteiger partial charge in [-0.05, 0) is 75.1 Å². The molecule has 0 radical (unpaired) electrons. The van der Waals surface area contributed by atoms with Crippen molar-refractivity contribution < 1.29 is 40.3 Å². The lowest BCUT2D eigenvalue weighted by Gasteiger charge is -2.28. The molecule has 1 aromatic heterocycles. The first-order valence-electron chi connectivity index (χ1n) is 15.1. The van der Waals surface area contributed by atoms with Crippen LogP contribution in [0.4, 0.5) is 30.7 Å². The third-order valence-corrected chi connectivity index (χ3v) is 8.61. The van der Waals surface area contributed by atoms with Gasteiger partial charge in [0.1, 0.15) is 5.75 Å². The van der Waals surface area contributed by atoms with Gasteiger partial charge in [0.2, 0.25) is 11.8 Å². The van der Waals surface area contributed by atoms with Crippen LogP contribution in [0.1, 0.15) is 73.8 Å². The molecule has 3 N–H and O–H groups in total. The fraction of sp³-hybridized carbons (Fsp3) is 0.500. The minimum atomic E-state index is -4.32. The molecule has 0 aliphatic heterocycles. The summed E-state index contributed by atoms with van der Waals surface area (Å²) >= 11 is 12.5. The molecule has 0 bridgehead atoms. The van der Waals surface area contributed by atoms with Gasteiger partial charge in [-0.1, -0.05) is 23.2 Å². The van der Waals surface area contributed by atoms with E-state index in [4.69, 9.17) is 33.7 Å². The van der Waals surface area contributed by atoms with Crippen molar-refractivity contribution in [2.24, 2.45) is 5.73 Å². The Morgan fingerprint density at radius 2 is 1.55 bits per heavy atom. The van der Waals surface area contributed by atoms with Gasteiger partial charge in [0.05, 0.1) is 29.4 Å². The van der Waals surface area contributed by atoms with Crippen LogP contribution in [0.15, 0.2) is 42.5 Å². The highest BCUT2D eigenvalue weighted by Crippen LogP contribution is 2.36. The lowest BCUT2D eigenvalue weighted by atomic mass is 9.92. The second kappa shape index (κ2) is 15.0. The lowest BCUT2D eigenvalue weighted by Crippen LogP contribution is -2.40. The molecule has 15 heteroatoms. The van der Waals surface area contributed by atoms with Crippen LogP contribution in [0.3, 0.4) is 0 Å². The summed E-state index contributed by atoms with van der Waals surface area (Å²) in [7, 11) is 0. The molecule has 3 aromatic rings. The number of hydrogen-bond donors (Lipinski definition) is 2. The van der Waals surface area contributed by atoms with Gasteiger partial charge in [0.25, 0.3) is 5.91 Å². The van der Waals surface area contributed by atoms with Crippen molar-refractivity contribution in [1.82, 2.24) is 15.1 Å². The fourth-order valence-corrected chi connectivity index (χ4v) is 5.86. The third kappa shape index (κ3) is 10.5. The maximum absolute atomic E-state index is 13.5. The molecule has 5 rings (SSSR count). The van der Waals surface area contributed by atoms with E-state index >= 15 is 0 Å². The predicted molar refractivity (Wildman–Crippen MR) is 166 cm³/mol. The van der Waals surface area contributed by atoms with E-state index in [9.17, 15) is 35.5 Å². The summed E-state index contributed by atoms with van der Waals surface area (Å²) in [6.07, 6.45) is -4.76. The number of ether oxygens (including phenoxy) is 1. The van der Waals surface area contributed by atoms with E-state index < -0.39 is 43.0 Å². The SMILES string of the molecule is Cc1c(C(=O)NC2CCC(F)(F)CC2)nn(-c2ccc(Cl)cc2Cl)c1-c1ccc(OCCC(F)(F)F)cc1.NC1CCC(F)(F)CC1. The smallest absolute Gasteiger partial charge is 0.392 e. The van der Waals surface area contributed by atoms with Gasteiger partial charge in [0.15, 0.2) is 5.69 Å². The van der Waals surface area contributed by atoms with Crippen molar-refractivity contribution in [2.75, 3.05) is 6.61 Å². The number of nitrogens with one attached hydrogen (secondary N) is 1. The Morgan fingerprint density at radius 3 is 2.09 bits per heavy atom. The van der Waals surface area contributed by atoms with Crippen LogP contribution < -0.4 is 15.8 Å². The van der Waals surface area contributed by atoms with Crippen LogP contribution in [-0.4, -0.2) is 52.4 Å². The molecule has 2 fully saturated rings. The van der Waals surface area contributed by atoms with Gasteiger partial charge >= 0.3 is 6.18 Å². The number of nitrogens with two attached hydrogens (primary N) is 1. The highest BCUT2D eigenvalue weighted by molar-refractivity contribution is 6.35. The van der Waals surface area contributed by atoms with E-state index in [1.165, 1.54) is 22.9 Å². The number of carbonyl (C=O) groups excluding carboxylic acids is 1. The average molecular weight is 712 g/mol. The molecule has 2 aliphatic carbocycles. The minimum Gasteiger partial charge on any atom is -0.493 e. The molecule has 0 unspecified atom stereocenters. The molecule has 0 saturated heterocycles. The number of alkyl halides is 7. The Balaban J connectivity index is 0.000000479. The topological polar surface area (TPSA) is 82.2 Å². The summed E-state index contributed by atoms with van der Waals surface area (Å²) in [6, 6.07) is 10.7. The van der Waals surface area contributed by atoms with E-state index in [2.05, 4.69) is 10.4 Å². The number of carbonyl (C=O) groups is 1. The van der Waals surface area contributed by atoms with E-state index in [1.807, 2.05) is 0 Å². The molecule has 6 nitrogen and oxygen atoms in total. The van der Waals surface area contributed by atoms with E-state index in [0.29, 0.717) is 40.4 Å². The molecule has 2 saturated carbocycles. The van der Waals surface area contributed by atoms with Gasteiger partial charge in [-0.2, -0.15) is 18.3 Å². The van der Waals surface area contributed by atoms with Crippen molar-refractivity contribution in [3.63, 3.8) is 0 Å². The van der Waals surface area contributed by atoms with Crippen LogP contribution in [0.5, 0.6) is 5.75 Å². The Kier molecular flexibility index (Phi) is 11.8. The maximum Gasteiger partial charge on any atom is 0.392 e. The standard InChI is InChI=1S/C26H24Cl2F5N3O2.C6H11F2N/c1-15-22(24(37)34-18-8-10-25(29,30)11-9-18)35-36(21-7-4-17(27)14-20(21)28)23(15)16-2-5-19(6-3-16)38-13-12-26(31,32)33;7-6(8)3-1-5(9)2-4-6/h2-7,14,18H,8-13H2,1H3,(H,34,37);5H,1-4,9H2. The van der Waals surface area contributed by atoms with Crippen molar-refractivity contribution >= 4 is 29.1 Å². The van der Waals surface area contributed by atoms with Gasteiger partial charge in [-0.15, -0.1) is 0 Å². The summed E-state index contributed by atoms with van der Waals surface area (Å²) < 4.78 is 95.7. The quantitative estimate of drug-likeness (QED) is 0.240. The second-order valence-corrected chi connectivity index (χ2v) is 12.7. The molecular formula is C32H35Cl2F7N4O2. The maximum atomic E-state index is 13.5. The molecule has 47 heavy (non-hydrogen) atoms. The molecule has 1 heterocycles. The summed E-state index contributed by atoms with van der Waals surface area (Å²) in [4.78, 5) is 13.2. The number of benzene rings is 2. The largest absolute Gasteiger partial charge is 0.493 e. The molecule has 0 spiro atoms. The van der Waals surface area contributed by atoms with E-state index in [-0.39, 0.29) is 61.0 Å². The lowest BCUT2D eigenvalue weighted by molar-refractivity contribution is -0.139. The number of nitrogens with zero attached hydrogens (tertiary/aromatic N) is 2. The van der Waals surface area contributed by atoms with Gasteiger partial charge < -0.3 is 15.8 Å². The van der Waals surface area contributed by atoms with Crippen LogP contribution in [0.25, 0.3) is 16.9 Å². The highest BCUT2D eigenvalue weighted by Gasteiger charge is 2.36. The normalized spacial score (nSPS) is 18.3. The molecule has 1 amide bonds. The monoisotopic (exact) mass is 710 g/mol. The van der Waals surface area contributed by atoms with Crippen molar-refractivity contribution in [3.05, 3.63) is 63.8 Å². The average Bonchev–Trinajstić information content (AvgIpc) is 3.32. The van der Waals surface area contributed by atoms with Gasteiger partial charge in [-0.25, -0.2) is 22.2 Å². The summed E-state index contributed by atoms with van der Waals surface area (Å²) in [5, 5.41) is 8.00. The highest BCUT2D eigenvalue weighted by atomic mass is 35.5. The second-order valence-electron chi connectivity index (χ2n) is 11.9. The minimum absolute atomic E-state index is 0.0182. The Bertz CT molecular complexity index is 1510. The Labute approximate surface area is 277 Å². The zero-order chi connectivity index (χ0) is 34.6. The zero-order valence-corrected chi connectivity index (χ0v) is 27.0. The predicted octanol–water partition coefficient (Wildman–Crippen LogP) is 9.32. The molecule has 2 aliphatic rings. The van der Waals surface area contributed by atoms with Gasteiger partial charge in [-0.3, -0.25) is 4.79 Å². The first-order valence-corrected chi connectivity index (χ1v) is 15.9. The van der Waals surface area contributed by atoms with E-state index in [1.54, 1.807) is 31.2 Å². The van der Waals surface area contributed by atoms with E-state index in [0.717, 1.165) is 0 Å². The summed E-state index contributed by atoms with van der Waals surface area (Å²) in [6.45, 7) is 1.18. The number of hydrogen-bond acceptors (Lipinski definition) is 4. The van der Waals surface area contributed by atoms with Crippen molar-refractivity contribution in [2.45, 2.75) is 94.8 Å². The summed E-state index contributed by atoms with van der Waals surface area (Å²) in [5.41, 5.74) is 7.56. The van der Waals surface area contributed by atoms with Crippen LogP contribution in [-0.2, 0) is 0 Å². The molecule has 0 atom stereocenters. The first-order chi connectivity index (χ1) is 21.9. The van der Waals surface area contributed by atoms with Crippen LogP contribution >= 0.6 is 23.2 Å². The summed E-state index contributed by atoms with van der Waals surface area (Å²) in [5.74, 6) is -5.40. The van der Waals surface area contributed by atoms with Crippen LogP contribution in [0.2, 0.25) is 10.0 Å². The van der Waals surface area contributed by atoms with Crippen molar-refractivity contribution in [3.8, 4) is 22.7 Å². The third-order valence-electron chi connectivity index (χ3n) is 8.07. The number of aromatic nitrogens is 2. The van der Waals surface area contributed by atoms with Crippen molar-refractivity contribution in [1.29, 1.82) is 0 Å². The number of rotatable bonds is 7. The molecule has 2 aromatic carbocycles. The van der Waals surface area contributed by atoms with Gasteiger partial charge in [0, 0.05) is 53.9 Å². The number of amides is 1. The Morgan fingerprint density at radius 1 is 0.979 bits per heavy atom. The zero-order valence-electron chi connectivity index (χ0n) is 25.5. The molecular weight excluding hydrogens is 676 g/mol. The number of halogens is 9. The fourth-order valence-electron chi connectivity index (χ4n) is 5.37. The van der Waals surface area contributed by atoms with Crippen LogP contribution in [0, 0.1) is 6.92 Å².